The molecule has 0 spiro atoms. The van der Waals surface area contributed by atoms with Crippen molar-refractivity contribution in [1.82, 2.24) is 9.88 Å². The molecule has 0 unspecified atom stereocenters. The fourth-order valence-corrected chi connectivity index (χ4v) is 4.50. The maximum Gasteiger partial charge on any atom is 0.230 e. The molecule has 0 bridgehead atoms. The van der Waals surface area contributed by atoms with Crippen molar-refractivity contribution in [3.8, 4) is 0 Å². The molecule has 1 fully saturated rings. The zero-order valence-electron chi connectivity index (χ0n) is 14.6. The SMILES string of the molecule is CC(=O)N(c1ccccc1)c1nc(CN2C[C@H](C)C[C@@H](C)C2)cs1. The van der Waals surface area contributed by atoms with Gasteiger partial charge in [0.2, 0.25) is 5.91 Å². The van der Waals surface area contributed by atoms with Crippen LogP contribution in [0.2, 0.25) is 0 Å². The number of likely N-dealkylation sites (tertiary alicyclic amines) is 1. The summed E-state index contributed by atoms with van der Waals surface area (Å²) in [5, 5.41) is 2.83. The van der Waals surface area contributed by atoms with Crippen LogP contribution in [0.15, 0.2) is 35.7 Å². The van der Waals surface area contributed by atoms with Crippen molar-refractivity contribution in [3.05, 3.63) is 41.4 Å². The number of hydrogen-bond acceptors (Lipinski definition) is 4. The molecular weight excluding hydrogens is 318 g/mol. The first-order valence-electron chi connectivity index (χ1n) is 8.55. The summed E-state index contributed by atoms with van der Waals surface area (Å²) in [6.07, 6.45) is 1.31. The zero-order chi connectivity index (χ0) is 17.1. The van der Waals surface area contributed by atoms with Crippen LogP contribution in [0.5, 0.6) is 0 Å². The monoisotopic (exact) mass is 343 g/mol. The predicted octanol–water partition coefficient (Wildman–Crippen LogP) is 4.31. The number of thiazole rings is 1. The molecule has 2 atom stereocenters. The van der Waals surface area contributed by atoms with Gasteiger partial charge in [-0.05, 0) is 30.4 Å². The van der Waals surface area contributed by atoms with Gasteiger partial charge in [-0.3, -0.25) is 14.6 Å². The number of piperidine rings is 1. The lowest BCUT2D eigenvalue weighted by molar-refractivity contribution is -0.115. The Labute approximate surface area is 148 Å². The Kier molecular flexibility index (Phi) is 5.31. The van der Waals surface area contributed by atoms with E-state index < -0.39 is 0 Å². The molecule has 0 aliphatic carbocycles. The van der Waals surface area contributed by atoms with Crippen LogP contribution in [-0.4, -0.2) is 28.9 Å². The van der Waals surface area contributed by atoms with E-state index >= 15 is 0 Å². The number of amides is 1. The van der Waals surface area contributed by atoms with Crippen LogP contribution in [0.3, 0.4) is 0 Å². The van der Waals surface area contributed by atoms with Crippen molar-refractivity contribution in [3.63, 3.8) is 0 Å². The van der Waals surface area contributed by atoms with Gasteiger partial charge < -0.3 is 0 Å². The first kappa shape index (κ1) is 17.1. The van der Waals surface area contributed by atoms with Crippen molar-refractivity contribution >= 4 is 28.1 Å². The van der Waals surface area contributed by atoms with Crippen LogP contribution in [0.25, 0.3) is 0 Å². The average molecular weight is 343 g/mol. The summed E-state index contributed by atoms with van der Waals surface area (Å²) in [5.41, 5.74) is 1.92. The van der Waals surface area contributed by atoms with Crippen molar-refractivity contribution in [2.45, 2.75) is 33.7 Å². The number of anilines is 2. The van der Waals surface area contributed by atoms with Gasteiger partial charge in [0.05, 0.1) is 11.4 Å². The van der Waals surface area contributed by atoms with Gasteiger partial charge in [-0.1, -0.05) is 32.0 Å². The van der Waals surface area contributed by atoms with Crippen LogP contribution < -0.4 is 4.90 Å². The first-order chi connectivity index (χ1) is 11.5. The molecule has 3 rings (SSSR count). The minimum atomic E-state index is -0.0117. The summed E-state index contributed by atoms with van der Waals surface area (Å²) >= 11 is 1.54. The fraction of sp³-hybridized carbons (Fsp3) is 0.474. The van der Waals surface area contributed by atoms with Gasteiger partial charge in [0, 0.05) is 31.9 Å². The number of carbonyl (C=O) groups excluding carboxylic acids is 1. The largest absolute Gasteiger partial charge is 0.297 e. The van der Waals surface area contributed by atoms with Crippen LogP contribution in [0, 0.1) is 11.8 Å². The summed E-state index contributed by atoms with van der Waals surface area (Å²) in [5.74, 6) is 1.47. The Balaban J connectivity index is 1.75. The number of hydrogen-bond donors (Lipinski definition) is 0. The molecule has 0 saturated carbocycles. The standard InChI is InChI=1S/C19H25N3OS/c1-14-9-15(2)11-21(10-14)12-17-13-24-19(20-17)22(16(3)23)18-7-5-4-6-8-18/h4-8,13-15H,9-12H2,1-3H3/t14-,15-/m1/s1. The Morgan fingerprint density at radius 2 is 1.92 bits per heavy atom. The number of aromatic nitrogens is 1. The molecule has 1 aliphatic heterocycles. The summed E-state index contributed by atoms with van der Waals surface area (Å²) in [6.45, 7) is 9.36. The molecule has 1 aromatic carbocycles. The summed E-state index contributed by atoms with van der Waals surface area (Å²) < 4.78 is 0. The highest BCUT2D eigenvalue weighted by atomic mass is 32.1. The van der Waals surface area contributed by atoms with E-state index in [1.165, 1.54) is 17.8 Å². The normalized spacial score (nSPS) is 21.6. The van der Waals surface area contributed by atoms with E-state index in [0.717, 1.165) is 48.0 Å². The highest BCUT2D eigenvalue weighted by Crippen LogP contribution is 2.30. The third-order valence-corrected chi connectivity index (χ3v) is 5.26. The molecule has 1 aromatic heterocycles. The van der Waals surface area contributed by atoms with Gasteiger partial charge >= 0.3 is 0 Å². The molecule has 0 radical (unpaired) electrons. The third-order valence-electron chi connectivity index (χ3n) is 4.39. The molecule has 0 N–H and O–H groups in total. The van der Waals surface area contributed by atoms with Gasteiger partial charge in [-0.15, -0.1) is 11.3 Å². The van der Waals surface area contributed by atoms with E-state index in [1.54, 1.807) is 11.8 Å². The lowest BCUT2D eigenvalue weighted by Gasteiger charge is -2.34. The van der Waals surface area contributed by atoms with Crippen LogP contribution in [0.4, 0.5) is 10.8 Å². The highest BCUT2D eigenvalue weighted by molar-refractivity contribution is 7.14. The maximum atomic E-state index is 12.1. The van der Waals surface area contributed by atoms with Crippen LogP contribution in [0.1, 0.15) is 32.9 Å². The molecule has 128 valence electrons. The van der Waals surface area contributed by atoms with E-state index in [2.05, 4.69) is 24.1 Å². The average Bonchev–Trinajstić information content (AvgIpc) is 2.95. The number of rotatable bonds is 4. The fourth-order valence-electron chi connectivity index (χ4n) is 3.63. The smallest absolute Gasteiger partial charge is 0.230 e. The quantitative estimate of drug-likeness (QED) is 0.830. The number of benzene rings is 1. The first-order valence-corrected chi connectivity index (χ1v) is 9.43. The van der Waals surface area contributed by atoms with Gasteiger partial charge in [-0.25, -0.2) is 4.98 Å². The second-order valence-corrected chi connectivity index (χ2v) is 7.79. The van der Waals surface area contributed by atoms with Gasteiger partial charge in [0.1, 0.15) is 0 Å². The molecule has 24 heavy (non-hydrogen) atoms. The van der Waals surface area contributed by atoms with Crippen molar-refractivity contribution in [2.24, 2.45) is 11.8 Å². The zero-order valence-corrected chi connectivity index (χ0v) is 15.4. The Morgan fingerprint density at radius 1 is 1.25 bits per heavy atom. The summed E-state index contributed by atoms with van der Waals surface area (Å²) in [4.78, 5) is 21.0. The molecule has 2 heterocycles. The second-order valence-electron chi connectivity index (χ2n) is 6.95. The number of nitrogens with zero attached hydrogens (tertiary/aromatic N) is 3. The molecular formula is C19H25N3OS. The molecule has 5 heteroatoms. The van der Waals surface area contributed by atoms with E-state index in [4.69, 9.17) is 4.98 Å². The van der Waals surface area contributed by atoms with Crippen molar-refractivity contribution in [2.75, 3.05) is 18.0 Å². The topological polar surface area (TPSA) is 36.4 Å². The Hall–Kier alpha value is -1.72. The number of para-hydroxylation sites is 1. The maximum absolute atomic E-state index is 12.1. The van der Waals surface area contributed by atoms with Crippen LogP contribution >= 0.6 is 11.3 Å². The predicted molar refractivity (Wildman–Crippen MR) is 99.6 cm³/mol. The molecule has 1 aliphatic rings. The van der Waals surface area contributed by atoms with Crippen LogP contribution in [-0.2, 0) is 11.3 Å². The molecule has 1 amide bonds. The molecule has 2 aromatic rings. The van der Waals surface area contributed by atoms with E-state index in [1.807, 2.05) is 30.3 Å². The number of carbonyl (C=O) groups is 1. The van der Waals surface area contributed by atoms with Gasteiger partial charge in [0.25, 0.3) is 0 Å². The van der Waals surface area contributed by atoms with Crippen molar-refractivity contribution in [1.29, 1.82) is 0 Å². The van der Waals surface area contributed by atoms with Gasteiger partial charge in [-0.2, -0.15) is 0 Å². The Morgan fingerprint density at radius 3 is 2.54 bits per heavy atom. The molecule has 4 nitrogen and oxygen atoms in total. The minimum Gasteiger partial charge on any atom is -0.297 e. The van der Waals surface area contributed by atoms with E-state index in [0.29, 0.717) is 0 Å². The van der Waals surface area contributed by atoms with Crippen molar-refractivity contribution < 1.29 is 4.79 Å². The summed E-state index contributed by atoms with van der Waals surface area (Å²) in [7, 11) is 0. The van der Waals surface area contributed by atoms with E-state index in [-0.39, 0.29) is 5.91 Å². The van der Waals surface area contributed by atoms with Gasteiger partial charge in [0.15, 0.2) is 5.13 Å². The lowest BCUT2D eigenvalue weighted by Crippen LogP contribution is -2.38. The molecule has 1 saturated heterocycles. The lowest BCUT2D eigenvalue weighted by atomic mass is 9.92. The highest BCUT2D eigenvalue weighted by Gasteiger charge is 2.23. The third kappa shape index (κ3) is 4.02. The Bertz CT molecular complexity index is 675. The van der Waals surface area contributed by atoms with E-state index in [9.17, 15) is 4.79 Å². The summed E-state index contributed by atoms with van der Waals surface area (Å²) in [6, 6.07) is 9.72. The second kappa shape index (κ2) is 7.45. The minimum absolute atomic E-state index is 0.0117.